The van der Waals surface area contributed by atoms with Crippen LogP contribution in [0, 0.1) is 10.1 Å². The Balaban J connectivity index is 2.40. The molecule has 1 fully saturated rings. The molecule has 2 rings (SSSR count). The van der Waals surface area contributed by atoms with E-state index in [9.17, 15) is 14.9 Å². The van der Waals surface area contributed by atoms with Gasteiger partial charge in [-0.05, 0) is 26.2 Å². The van der Waals surface area contributed by atoms with Crippen molar-refractivity contribution in [1.29, 1.82) is 0 Å². The third-order valence-electron chi connectivity index (χ3n) is 3.49. The second-order valence-electron chi connectivity index (χ2n) is 4.96. The summed E-state index contributed by atoms with van der Waals surface area (Å²) in [6.07, 6.45) is 2.47. The van der Waals surface area contributed by atoms with Crippen molar-refractivity contribution in [2.24, 2.45) is 5.73 Å². The first-order valence-electron chi connectivity index (χ1n) is 6.99. The van der Waals surface area contributed by atoms with E-state index in [0.717, 1.165) is 12.8 Å². The molecule has 2 heterocycles. The molecule has 8 heteroatoms. The fourth-order valence-electron chi connectivity index (χ4n) is 2.53. The number of nitrogens with two attached hydrogens (primary N) is 1. The summed E-state index contributed by atoms with van der Waals surface area (Å²) in [6, 6.07) is 2.32. The van der Waals surface area contributed by atoms with Gasteiger partial charge in [0.05, 0.1) is 17.1 Å². The van der Waals surface area contributed by atoms with Crippen molar-refractivity contribution in [2.75, 3.05) is 23.3 Å². The largest absolute Gasteiger partial charge is 0.370 e. The molecule has 0 spiro atoms. The number of aromatic nitrogens is 1. The quantitative estimate of drug-likeness (QED) is 0.624. The summed E-state index contributed by atoms with van der Waals surface area (Å²) in [6.45, 7) is 3.10. The SMILES string of the molecule is CCNc1cc([N+](=O)[O-])cc(N2CCCCC2C(N)=O)n1. The van der Waals surface area contributed by atoms with Crippen molar-refractivity contribution in [1.82, 2.24) is 4.98 Å². The standard InChI is InChI=1S/C13H19N5O3/c1-2-15-11-7-9(18(20)21)8-12(16-11)17-6-4-3-5-10(17)13(14)19/h7-8,10H,2-6H2,1H3,(H2,14,19)(H,15,16). The number of carbonyl (C=O) groups excluding carboxylic acids is 1. The predicted molar refractivity (Wildman–Crippen MR) is 79.2 cm³/mol. The summed E-state index contributed by atoms with van der Waals surface area (Å²) >= 11 is 0. The Morgan fingerprint density at radius 1 is 1.57 bits per heavy atom. The Morgan fingerprint density at radius 2 is 2.33 bits per heavy atom. The fraction of sp³-hybridized carbons (Fsp3) is 0.538. The van der Waals surface area contributed by atoms with Gasteiger partial charge in [0.15, 0.2) is 0 Å². The molecule has 114 valence electrons. The molecule has 0 bridgehead atoms. The monoisotopic (exact) mass is 293 g/mol. The van der Waals surface area contributed by atoms with E-state index < -0.39 is 16.9 Å². The average Bonchev–Trinajstić information content (AvgIpc) is 2.47. The maximum absolute atomic E-state index is 11.6. The minimum absolute atomic E-state index is 0.0512. The molecular weight excluding hydrogens is 274 g/mol. The smallest absolute Gasteiger partial charge is 0.276 e. The van der Waals surface area contributed by atoms with Gasteiger partial charge in [-0.25, -0.2) is 4.98 Å². The van der Waals surface area contributed by atoms with Crippen LogP contribution in [0.1, 0.15) is 26.2 Å². The Hall–Kier alpha value is -2.38. The summed E-state index contributed by atoms with van der Waals surface area (Å²) in [7, 11) is 0. The topological polar surface area (TPSA) is 114 Å². The Bertz CT molecular complexity index is 549. The highest BCUT2D eigenvalue weighted by atomic mass is 16.6. The maximum Gasteiger partial charge on any atom is 0.276 e. The molecular formula is C13H19N5O3. The molecule has 1 aromatic rings. The van der Waals surface area contributed by atoms with Gasteiger partial charge in [0, 0.05) is 13.1 Å². The Morgan fingerprint density at radius 3 is 2.95 bits per heavy atom. The van der Waals surface area contributed by atoms with Gasteiger partial charge >= 0.3 is 0 Å². The lowest BCUT2D eigenvalue weighted by Gasteiger charge is -2.34. The van der Waals surface area contributed by atoms with Crippen LogP contribution in [0.2, 0.25) is 0 Å². The number of hydrogen-bond acceptors (Lipinski definition) is 6. The number of carbonyl (C=O) groups is 1. The van der Waals surface area contributed by atoms with Crippen LogP contribution in [0.25, 0.3) is 0 Å². The van der Waals surface area contributed by atoms with Crippen molar-refractivity contribution in [3.05, 3.63) is 22.2 Å². The van der Waals surface area contributed by atoms with Crippen LogP contribution in [-0.2, 0) is 4.79 Å². The van der Waals surface area contributed by atoms with Gasteiger partial charge in [0.25, 0.3) is 5.69 Å². The first-order chi connectivity index (χ1) is 10.0. The van der Waals surface area contributed by atoms with E-state index >= 15 is 0 Å². The third-order valence-corrected chi connectivity index (χ3v) is 3.49. The van der Waals surface area contributed by atoms with Gasteiger partial charge in [0.1, 0.15) is 17.7 Å². The first kappa shape index (κ1) is 15.0. The molecule has 8 nitrogen and oxygen atoms in total. The van der Waals surface area contributed by atoms with Crippen LogP contribution in [0.15, 0.2) is 12.1 Å². The number of nitro groups is 1. The molecule has 1 saturated heterocycles. The number of piperidine rings is 1. The van der Waals surface area contributed by atoms with E-state index in [2.05, 4.69) is 10.3 Å². The van der Waals surface area contributed by atoms with Gasteiger partial charge in [-0.15, -0.1) is 0 Å². The highest BCUT2D eigenvalue weighted by Gasteiger charge is 2.29. The number of rotatable bonds is 5. The number of nitrogens with one attached hydrogen (secondary N) is 1. The number of pyridine rings is 1. The maximum atomic E-state index is 11.6. The number of nitrogens with zero attached hydrogens (tertiary/aromatic N) is 3. The first-order valence-corrected chi connectivity index (χ1v) is 6.99. The minimum atomic E-state index is -0.463. The zero-order valence-electron chi connectivity index (χ0n) is 11.9. The Kier molecular flexibility index (Phi) is 4.56. The molecule has 0 saturated carbocycles. The third kappa shape index (κ3) is 3.39. The average molecular weight is 293 g/mol. The molecule has 0 radical (unpaired) electrons. The van der Waals surface area contributed by atoms with E-state index in [-0.39, 0.29) is 5.69 Å². The van der Waals surface area contributed by atoms with Crippen LogP contribution in [0.3, 0.4) is 0 Å². The van der Waals surface area contributed by atoms with Crippen molar-refractivity contribution in [3.63, 3.8) is 0 Å². The lowest BCUT2D eigenvalue weighted by molar-refractivity contribution is -0.384. The van der Waals surface area contributed by atoms with Crippen molar-refractivity contribution < 1.29 is 9.72 Å². The molecule has 0 aromatic carbocycles. The molecule has 1 aromatic heterocycles. The fourth-order valence-corrected chi connectivity index (χ4v) is 2.53. The summed E-state index contributed by atoms with van der Waals surface area (Å²) in [5.41, 5.74) is 5.38. The van der Waals surface area contributed by atoms with Crippen molar-refractivity contribution in [3.8, 4) is 0 Å². The van der Waals surface area contributed by atoms with Crippen LogP contribution in [0.5, 0.6) is 0 Å². The van der Waals surface area contributed by atoms with Crippen LogP contribution < -0.4 is 16.0 Å². The van der Waals surface area contributed by atoms with Crippen LogP contribution in [-0.4, -0.2) is 34.9 Å². The molecule has 1 aliphatic rings. The van der Waals surface area contributed by atoms with Crippen molar-refractivity contribution >= 4 is 23.2 Å². The summed E-state index contributed by atoms with van der Waals surface area (Å²) in [5.74, 6) is 0.423. The molecule has 1 unspecified atom stereocenters. The molecule has 1 atom stereocenters. The van der Waals surface area contributed by atoms with E-state index in [1.807, 2.05) is 6.92 Å². The molecule has 3 N–H and O–H groups in total. The van der Waals surface area contributed by atoms with Gasteiger partial charge in [-0.2, -0.15) is 0 Å². The van der Waals surface area contributed by atoms with E-state index in [0.29, 0.717) is 31.1 Å². The zero-order chi connectivity index (χ0) is 15.4. The number of primary amides is 1. The van der Waals surface area contributed by atoms with Gasteiger partial charge < -0.3 is 16.0 Å². The van der Waals surface area contributed by atoms with Gasteiger partial charge in [0.2, 0.25) is 5.91 Å². The van der Waals surface area contributed by atoms with Gasteiger partial charge in [-0.1, -0.05) is 0 Å². The highest BCUT2D eigenvalue weighted by molar-refractivity contribution is 5.83. The molecule has 1 amide bonds. The van der Waals surface area contributed by atoms with Crippen LogP contribution >= 0.6 is 0 Å². The molecule has 0 aliphatic carbocycles. The molecule has 1 aliphatic heterocycles. The molecule has 21 heavy (non-hydrogen) atoms. The van der Waals surface area contributed by atoms with E-state index in [1.54, 1.807) is 4.90 Å². The predicted octanol–water partition coefficient (Wildman–Crippen LogP) is 1.27. The normalized spacial score (nSPS) is 18.3. The summed E-state index contributed by atoms with van der Waals surface area (Å²) < 4.78 is 0. The number of anilines is 2. The Labute approximate surface area is 122 Å². The second kappa shape index (κ2) is 6.38. The lowest BCUT2D eigenvalue weighted by Crippen LogP contribution is -2.48. The highest BCUT2D eigenvalue weighted by Crippen LogP contribution is 2.28. The second-order valence-corrected chi connectivity index (χ2v) is 4.96. The van der Waals surface area contributed by atoms with Crippen molar-refractivity contribution in [2.45, 2.75) is 32.2 Å². The lowest BCUT2D eigenvalue weighted by atomic mass is 10.0. The minimum Gasteiger partial charge on any atom is -0.370 e. The summed E-state index contributed by atoms with van der Waals surface area (Å²) in [5, 5.41) is 14.0. The van der Waals surface area contributed by atoms with E-state index in [4.69, 9.17) is 5.73 Å². The zero-order valence-corrected chi connectivity index (χ0v) is 11.9. The summed E-state index contributed by atoms with van der Waals surface area (Å²) in [4.78, 5) is 28.3. The number of amides is 1. The number of hydrogen-bond donors (Lipinski definition) is 2. The van der Waals surface area contributed by atoms with Gasteiger partial charge in [-0.3, -0.25) is 14.9 Å². The van der Waals surface area contributed by atoms with Crippen LogP contribution in [0.4, 0.5) is 17.3 Å². The van der Waals surface area contributed by atoms with E-state index in [1.165, 1.54) is 12.1 Å².